The fourth-order valence-electron chi connectivity index (χ4n) is 2.51. The van der Waals surface area contributed by atoms with Crippen LogP contribution in [0.15, 0.2) is 65.8 Å². The van der Waals surface area contributed by atoms with E-state index in [-0.39, 0.29) is 5.56 Å². The Morgan fingerprint density at radius 2 is 1.85 bits per heavy atom. The van der Waals surface area contributed by atoms with E-state index < -0.39 is 0 Å². The maximum Gasteiger partial charge on any atom is 0.265 e. The molecule has 4 nitrogen and oxygen atoms in total. The Labute approximate surface area is 114 Å². The smallest absolute Gasteiger partial charge is 0.265 e. The van der Waals surface area contributed by atoms with Crippen molar-refractivity contribution in [3.8, 4) is 11.1 Å². The first-order valence-corrected chi connectivity index (χ1v) is 6.37. The van der Waals surface area contributed by atoms with Crippen LogP contribution in [0.5, 0.6) is 0 Å². The van der Waals surface area contributed by atoms with E-state index in [9.17, 15) is 4.79 Å². The van der Waals surface area contributed by atoms with Gasteiger partial charge in [0.2, 0.25) is 0 Å². The highest BCUT2D eigenvalue weighted by Crippen LogP contribution is 2.25. The molecular formula is C16H11N3O. The summed E-state index contributed by atoms with van der Waals surface area (Å²) < 4.78 is 1.57. The lowest BCUT2D eigenvalue weighted by Gasteiger charge is -2.03. The van der Waals surface area contributed by atoms with Crippen molar-refractivity contribution in [1.82, 2.24) is 14.4 Å². The predicted molar refractivity (Wildman–Crippen MR) is 78.8 cm³/mol. The molecule has 1 N–H and O–H groups in total. The molecule has 0 atom stereocenters. The molecule has 3 heterocycles. The summed E-state index contributed by atoms with van der Waals surface area (Å²) in [4.78, 5) is 20.1. The third-order valence-corrected chi connectivity index (χ3v) is 3.49. The molecule has 0 unspecified atom stereocenters. The number of nitrogens with one attached hydrogen (secondary N) is 1. The van der Waals surface area contributed by atoms with Crippen LogP contribution in [0.3, 0.4) is 0 Å². The van der Waals surface area contributed by atoms with Crippen molar-refractivity contribution in [2.75, 3.05) is 0 Å². The van der Waals surface area contributed by atoms with Crippen LogP contribution < -0.4 is 5.56 Å². The summed E-state index contributed by atoms with van der Waals surface area (Å²) >= 11 is 0. The third kappa shape index (κ3) is 1.48. The second kappa shape index (κ2) is 4.06. The molecule has 0 aliphatic heterocycles. The highest BCUT2D eigenvalue weighted by atomic mass is 16.1. The molecule has 0 aliphatic carbocycles. The first kappa shape index (κ1) is 11.0. The van der Waals surface area contributed by atoms with E-state index in [0.717, 1.165) is 16.5 Å². The van der Waals surface area contributed by atoms with E-state index >= 15 is 0 Å². The van der Waals surface area contributed by atoms with Crippen molar-refractivity contribution in [2.24, 2.45) is 0 Å². The molecule has 1 aromatic carbocycles. The van der Waals surface area contributed by atoms with Gasteiger partial charge in [-0.2, -0.15) is 0 Å². The lowest BCUT2D eigenvalue weighted by Crippen LogP contribution is -2.16. The van der Waals surface area contributed by atoms with Gasteiger partial charge in [-0.3, -0.25) is 9.20 Å². The Morgan fingerprint density at radius 1 is 1.00 bits per heavy atom. The number of para-hydroxylation sites is 1. The molecule has 3 aromatic heterocycles. The van der Waals surface area contributed by atoms with Crippen molar-refractivity contribution in [2.45, 2.75) is 0 Å². The average molecular weight is 261 g/mol. The van der Waals surface area contributed by atoms with Gasteiger partial charge in [-0.1, -0.05) is 24.3 Å². The number of nitrogens with zero attached hydrogens (tertiary/aromatic N) is 2. The maximum absolute atomic E-state index is 12.6. The largest absolute Gasteiger partial charge is 0.361 e. The van der Waals surface area contributed by atoms with Crippen molar-refractivity contribution < 1.29 is 0 Å². The number of aromatic nitrogens is 3. The van der Waals surface area contributed by atoms with Crippen molar-refractivity contribution in [3.63, 3.8) is 0 Å². The number of hydrogen-bond donors (Lipinski definition) is 1. The summed E-state index contributed by atoms with van der Waals surface area (Å²) in [6, 6.07) is 13.4. The number of rotatable bonds is 1. The molecule has 0 fully saturated rings. The molecule has 0 saturated heterocycles. The molecule has 0 spiro atoms. The van der Waals surface area contributed by atoms with Gasteiger partial charge in [0.05, 0.1) is 5.56 Å². The second-order valence-corrected chi connectivity index (χ2v) is 4.65. The van der Waals surface area contributed by atoms with Crippen LogP contribution >= 0.6 is 0 Å². The molecule has 0 saturated carbocycles. The fourth-order valence-corrected chi connectivity index (χ4v) is 2.51. The van der Waals surface area contributed by atoms with Gasteiger partial charge < -0.3 is 4.98 Å². The van der Waals surface area contributed by atoms with E-state index in [0.29, 0.717) is 11.2 Å². The van der Waals surface area contributed by atoms with Crippen molar-refractivity contribution >= 4 is 16.6 Å². The van der Waals surface area contributed by atoms with Gasteiger partial charge in [-0.15, -0.1) is 0 Å². The van der Waals surface area contributed by atoms with E-state index in [1.54, 1.807) is 16.8 Å². The van der Waals surface area contributed by atoms with E-state index in [1.165, 1.54) is 0 Å². The summed E-state index contributed by atoms with van der Waals surface area (Å²) in [5.41, 5.74) is 3.10. The number of fused-ring (bicyclic) bond motifs is 2. The summed E-state index contributed by atoms with van der Waals surface area (Å²) in [7, 11) is 0. The Kier molecular flexibility index (Phi) is 2.23. The third-order valence-electron chi connectivity index (χ3n) is 3.49. The monoisotopic (exact) mass is 261 g/mol. The molecule has 96 valence electrons. The number of benzene rings is 1. The summed E-state index contributed by atoms with van der Waals surface area (Å²) in [6.07, 6.45) is 5.24. The lowest BCUT2D eigenvalue weighted by atomic mass is 10.1. The zero-order valence-electron chi connectivity index (χ0n) is 10.6. The number of aromatic amines is 1. The Hall–Kier alpha value is -2.88. The molecule has 20 heavy (non-hydrogen) atoms. The first-order valence-electron chi connectivity index (χ1n) is 6.37. The minimum absolute atomic E-state index is 0.0552. The van der Waals surface area contributed by atoms with Gasteiger partial charge in [0, 0.05) is 35.1 Å². The fraction of sp³-hybridized carbons (Fsp3) is 0. The standard InChI is InChI=1S/C16H11N3O/c20-16-13(10-18-15-7-3-4-8-19(15)16)12-9-17-14-6-2-1-5-11(12)14/h1-10,17H. The van der Waals surface area contributed by atoms with E-state index in [4.69, 9.17) is 0 Å². The van der Waals surface area contributed by atoms with E-state index in [2.05, 4.69) is 9.97 Å². The van der Waals surface area contributed by atoms with Gasteiger partial charge in [0.25, 0.3) is 5.56 Å². The Balaban J connectivity index is 2.08. The number of pyridine rings is 1. The second-order valence-electron chi connectivity index (χ2n) is 4.65. The number of hydrogen-bond acceptors (Lipinski definition) is 2. The van der Waals surface area contributed by atoms with Gasteiger partial charge in [-0.05, 0) is 18.2 Å². The van der Waals surface area contributed by atoms with Crippen molar-refractivity contribution in [1.29, 1.82) is 0 Å². The summed E-state index contributed by atoms with van der Waals surface area (Å²) in [5, 5.41) is 1.03. The minimum Gasteiger partial charge on any atom is -0.361 e. The van der Waals surface area contributed by atoms with Crippen LogP contribution in [0.4, 0.5) is 0 Å². The molecule has 0 bridgehead atoms. The zero-order valence-corrected chi connectivity index (χ0v) is 10.6. The highest BCUT2D eigenvalue weighted by molar-refractivity contribution is 5.95. The SMILES string of the molecule is O=c1c(-c2c[nH]c3ccccc23)cnc2ccccn12. The minimum atomic E-state index is -0.0552. The molecule has 4 heteroatoms. The van der Waals surface area contributed by atoms with Gasteiger partial charge in [0.15, 0.2) is 0 Å². The maximum atomic E-state index is 12.6. The zero-order chi connectivity index (χ0) is 13.5. The summed E-state index contributed by atoms with van der Waals surface area (Å²) in [5.74, 6) is 0. The Bertz CT molecular complexity index is 982. The van der Waals surface area contributed by atoms with Crippen LogP contribution in [-0.4, -0.2) is 14.4 Å². The summed E-state index contributed by atoms with van der Waals surface area (Å²) in [6.45, 7) is 0. The quantitative estimate of drug-likeness (QED) is 0.573. The van der Waals surface area contributed by atoms with Crippen LogP contribution in [0, 0.1) is 0 Å². The molecule has 0 aliphatic rings. The van der Waals surface area contributed by atoms with Crippen molar-refractivity contribution in [3.05, 3.63) is 71.4 Å². The van der Waals surface area contributed by atoms with Gasteiger partial charge in [0.1, 0.15) is 5.65 Å². The molecule has 0 amide bonds. The van der Waals surface area contributed by atoms with Crippen LogP contribution in [0.25, 0.3) is 27.7 Å². The predicted octanol–water partition coefficient (Wildman–Crippen LogP) is 2.84. The van der Waals surface area contributed by atoms with Crippen LogP contribution in [0.1, 0.15) is 0 Å². The van der Waals surface area contributed by atoms with Gasteiger partial charge in [-0.25, -0.2) is 4.98 Å². The Morgan fingerprint density at radius 3 is 2.80 bits per heavy atom. The molecule has 4 aromatic rings. The lowest BCUT2D eigenvalue weighted by molar-refractivity contribution is 1.05. The number of H-pyrrole nitrogens is 1. The highest BCUT2D eigenvalue weighted by Gasteiger charge is 2.11. The topological polar surface area (TPSA) is 50.2 Å². The van der Waals surface area contributed by atoms with E-state index in [1.807, 2.05) is 48.7 Å². The molecular weight excluding hydrogens is 250 g/mol. The van der Waals surface area contributed by atoms with Crippen LogP contribution in [0.2, 0.25) is 0 Å². The molecule has 4 rings (SSSR count). The van der Waals surface area contributed by atoms with Crippen LogP contribution in [-0.2, 0) is 0 Å². The normalized spacial score (nSPS) is 11.2. The van der Waals surface area contributed by atoms with Gasteiger partial charge >= 0.3 is 0 Å². The molecule has 0 radical (unpaired) electrons. The first-order chi connectivity index (χ1) is 9.84. The average Bonchev–Trinajstić information content (AvgIpc) is 2.92.